The Morgan fingerprint density at radius 2 is 1.00 bits per heavy atom. The van der Waals surface area contributed by atoms with Gasteiger partial charge in [0, 0.05) is 145 Å². The smallest absolute Gasteiger partial charge is 0 e. The topological polar surface area (TPSA) is 31.5 Å². The van der Waals surface area contributed by atoms with Crippen LogP contribution in [0.3, 0.4) is 0 Å². The van der Waals surface area contributed by atoms with Crippen molar-refractivity contribution in [3.8, 4) is 0 Å². The Morgan fingerprint density at radius 1 is 1.00 bits per heavy atom. The molecule has 0 atom stereocenters. The second-order valence-corrected chi connectivity index (χ2v) is 0. The summed E-state index contributed by atoms with van der Waals surface area (Å²) in [6.07, 6.45) is 0. The first kappa shape index (κ1) is 33.0. The fraction of sp³-hybridized carbons (Fsp3) is 0. The average molecular weight is 529 g/mol. The molecule has 0 fully saturated rings. The molecule has 0 unspecified atom stereocenters. The van der Waals surface area contributed by atoms with Crippen LogP contribution in [0, 0.1) is 119 Å². The molecule has 22 valence electrons. The van der Waals surface area contributed by atoms with Crippen LogP contribution in [0.4, 0.5) is 0 Å². The fourth-order valence-electron chi connectivity index (χ4n) is 0. The second kappa shape index (κ2) is 23.3. The molecule has 0 saturated carbocycles. The first-order valence-corrected chi connectivity index (χ1v) is 0. The molecule has 2 N–H and O–H groups in total. The van der Waals surface area contributed by atoms with Crippen LogP contribution < -0.4 is 0 Å². The van der Waals surface area contributed by atoms with Crippen molar-refractivity contribution in [2.75, 3.05) is 0 Å². The van der Waals surface area contributed by atoms with Gasteiger partial charge in [-0.1, -0.05) is 0 Å². The summed E-state index contributed by atoms with van der Waals surface area (Å²) in [5, 5.41) is 0. The van der Waals surface area contributed by atoms with Crippen LogP contribution in [0.5, 0.6) is 0 Å². The fourth-order valence-corrected chi connectivity index (χ4v) is 0. The Morgan fingerprint density at radius 3 is 1.00 bits per heavy atom. The predicted octanol–water partition coefficient (Wildman–Crippen LogP) is -0.827. The van der Waals surface area contributed by atoms with Crippen molar-refractivity contribution in [3.05, 3.63) is 0 Å². The Balaban J connectivity index is 0. The van der Waals surface area contributed by atoms with Crippen molar-refractivity contribution in [3.63, 3.8) is 0 Å². The molecule has 0 aromatic rings. The van der Waals surface area contributed by atoms with Crippen molar-refractivity contribution >= 4 is 0 Å². The molecule has 5 heteroatoms. The summed E-state index contributed by atoms with van der Waals surface area (Å²) in [6, 6.07) is 0. The van der Waals surface area contributed by atoms with Gasteiger partial charge in [0.1, 0.15) is 0 Å². The van der Waals surface area contributed by atoms with Crippen LogP contribution in [-0.2, 0) is 26.2 Å². The predicted molar refractivity (Wildman–Crippen MR) is 3.61 cm³/mol. The number of hydrogen-bond acceptors (Lipinski definition) is 0. The molecule has 0 aromatic carbocycles. The molecule has 0 aliphatic heterocycles. The molecule has 1 nitrogen and oxygen atoms in total. The van der Waals surface area contributed by atoms with E-state index in [9.17, 15) is 0 Å². The minimum Gasteiger partial charge on any atom is -0.412 e. The van der Waals surface area contributed by atoms with Gasteiger partial charge in [0.2, 0.25) is 0 Å². The van der Waals surface area contributed by atoms with Crippen LogP contribution >= 0.6 is 0 Å². The van der Waals surface area contributed by atoms with Gasteiger partial charge in [-0.3, -0.25) is 0 Å². The van der Waals surface area contributed by atoms with Crippen LogP contribution in [0.2, 0.25) is 0 Å². The van der Waals surface area contributed by atoms with Gasteiger partial charge in [0.05, 0.1) is 0 Å². The van der Waals surface area contributed by atoms with E-state index < -0.39 is 0 Å². The molecule has 2 radical (unpaired) electrons. The van der Waals surface area contributed by atoms with Gasteiger partial charge in [-0.05, 0) is 0 Å². The SMILES string of the molecule is O.[Ce].[La].[Pr].[Zr]. The molecule has 0 saturated heterocycles. The minimum atomic E-state index is 0. The van der Waals surface area contributed by atoms with E-state index in [1.54, 1.807) is 0 Å². The molecule has 5 heavy (non-hydrogen) atoms. The Bertz CT molecular complexity index is 11.6. The molecule has 0 aromatic heterocycles. The number of hydrogen-bond donors (Lipinski definition) is 0. The summed E-state index contributed by atoms with van der Waals surface area (Å²) in [7, 11) is 0. The molecule has 0 aliphatic carbocycles. The molecule has 0 spiro atoms. The normalized spacial score (nSPS) is 0. The van der Waals surface area contributed by atoms with Gasteiger partial charge in [0.15, 0.2) is 0 Å². The van der Waals surface area contributed by atoms with Crippen molar-refractivity contribution in [2.45, 2.75) is 0 Å². The van der Waals surface area contributed by atoms with Gasteiger partial charge in [-0.15, -0.1) is 0 Å². The van der Waals surface area contributed by atoms with Gasteiger partial charge in [-0.25, -0.2) is 0 Å². The first-order valence-electron chi connectivity index (χ1n) is 0. The molecular formula is H2CeLaOPrZr. The third kappa shape index (κ3) is 17.7. The van der Waals surface area contributed by atoms with Gasteiger partial charge < -0.3 is 5.48 Å². The summed E-state index contributed by atoms with van der Waals surface area (Å²) in [4.78, 5) is 0. The Hall–Kier alpha value is 4.78. The maximum atomic E-state index is 0. The molecule has 0 amide bonds. The average Bonchev–Trinajstić information content (AvgIpc) is 0. The molecular weight excluding hydrogens is 527 g/mol. The monoisotopic (exact) mass is 528 g/mol. The van der Waals surface area contributed by atoms with Gasteiger partial charge >= 0.3 is 0 Å². The first-order chi connectivity index (χ1) is 0. The van der Waals surface area contributed by atoms with Gasteiger partial charge in [-0.2, -0.15) is 0 Å². The standard InChI is InChI=1S/Ce.La.H2O.Pr.Zr/h;;1H2;;. The van der Waals surface area contributed by atoms with E-state index in [-0.39, 0.29) is 150 Å². The van der Waals surface area contributed by atoms with Crippen molar-refractivity contribution < 1.29 is 150 Å². The zero-order chi connectivity index (χ0) is 0. The Kier molecular flexibility index (Phi) is 154. The Labute approximate surface area is 146 Å². The third-order valence-corrected chi connectivity index (χ3v) is 0. The van der Waals surface area contributed by atoms with E-state index in [1.807, 2.05) is 0 Å². The number of rotatable bonds is 0. The molecule has 0 aliphatic rings. The van der Waals surface area contributed by atoms with Crippen LogP contribution in [0.1, 0.15) is 0 Å². The van der Waals surface area contributed by atoms with E-state index in [0.717, 1.165) is 0 Å². The quantitative estimate of drug-likeness (QED) is 0.393. The van der Waals surface area contributed by atoms with Crippen molar-refractivity contribution in [2.24, 2.45) is 0 Å². The van der Waals surface area contributed by atoms with Crippen molar-refractivity contribution in [1.82, 2.24) is 0 Å². The van der Waals surface area contributed by atoms with E-state index in [4.69, 9.17) is 0 Å². The second-order valence-electron chi connectivity index (χ2n) is 0. The zero-order valence-corrected chi connectivity index (χ0v) is 15.6. The zero-order valence-electron chi connectivity index (χ0n) is 2.65. The van der Waals surface area contributed by atoms with Crippen LogP contribution in [0.25, 0.3) is 0 Å². The maximum Gasteiger partial charge on any atom is 0 e. The molecule has 0 rings (SSSR count). The van der Waals surface area contributed by atoms with Crippen LogP contribution in [0.15, 0.2) is 0 Å². The maximum absolute atomic E-state index is 0. The minimum absolute atomic E-state index is 0. The molecule has 0 heterocycles. The van der Waals surface area contributed by atoms with E-state index >= 15 is 0 Å². The summed E-state index contributed by atoms with van der Waals surface area (Å²) in [5.41, 5.74) is 0. The van der Waals surface area contributed by atoms with E-state index in [2.05, 4.69) is 0 Å². The third-order valence-electron chi connectivity index (χ3n) is 0. The largest absolute Gasteiger partial charge is 0.412 e. The van der Waals surface area contributed by atoms with Gasteiger partial charge in [0.25, 0.3) is 0 Å². The summed E-state index contributed by atoms with van der Waals surface area (Å²) >= 11 is 0. The van der Waals surface area contributed by atoms with E-state index in [1.165, 1.54) is 0 Å². The summed E-state index contributed by atoms with van der Waals surface area (Å²) in [6.45, 7) is 0. The summed E-state index contributed by atoms with van der Waals surface area (Å²) < 4.78 is 0. The molecule has 0 bridgehead atoms. The van der Waals surface area contributed by atoms with Crippen molar-refractivity contribution in [1.29, 1.82) is 0 Å². The van der Waals surface area contributed by atoms with E-state index in [0.29, 0.717) is 0 Å². The summed E-state index contributed by atoms with van der Waals surface area (Å²) in [5.74, 6) is 0. The van der Waals surface area contributed by atoms with Crippen LogP contribution in [-0.4, -0.2) is 5.48 Å².